The number of piperidine rings is 1. The summed E-state index contributed by atoms with van der Waals surface area (Å²) in [5.41, 5.74) is 8.46. The van der Waals surface area contributed by atoms with E-state index in [2.05, 4.69) is 16.7 Å². The molecule has 2 fully saturated rings. The number of benzene rings is 1. The summed E-state index contributed by atoms with van der Waals surface area (Å²) in [7, 11) is 1.72. The van der Waals surface area contributed by atoms with Gasteiger partial charge in [-0.05, 0) is 31.4 Å². The van der Waals surface area contributed by atoms with E-state index in [9.17, 15) is 9.59 Å². The summed E-state index contributed by atoms with van der Waals surface area (Å²) in [6.07, 6.45) is 2.86. The van der Waals surface area contributed by atoms with Crippen molar-refractivity contribution in [2.45, 2.75) is 51.6 Å². The number of aryl methyl sites for hydroxylation is 1. The maximum atomic E-state index is 13.5. The second-order valence-corrected chi connectivity index (χ2v) is 9.75. The zero-order chi connectivity index (χ0) is 23.5. The van der Waals surface area contributed by atoms with Crippen LogP contribution in [0, 0.1) is 11.8 Å². The van der Waals surface area contributed by atoms with Crippen LogP contribution in [0.25, 0.3) is 11.0 Å². The minimum Gasteiger partial charge on any atom is -0.385 e. The third-order valence-corrected chi connectivity index (χ3v) is 7.00. The van der Waals surface area contributed by atoms with Crippen LogP contribution in [0.1, 0.15) is 44.9 Å². The molecule has 0 radical (unpaired) electrons. The van der Waals surface area contributed by atoms with Crippen molar-refractivity contribution in [1.82, 2.24) is 19.4 Å². The number of imidazole rings is 1. The first-order valence-corrected chi connectivity index (χ1v) is 12.2. The highest BCUT2D eigenvalue weighted by atomic mass is 16.5. The van der Waals surface area contributed by atoms with Crippen LogP contribution in [-0.2, 0) is 20.9 Å². The zero-order valence-corrected chi connectivity index (χ0v) is 20.1. The SMILES string of the molecule is COCCCn1c(C2CCCN(C(=O)C3CN(C(=O)C(C)C)CC3N)C2)nc2ccccc21. The largest absolute Gasteiger partial charge is 0.385 e. The maximum absolute atomic E-state index is 13.5. The third-order valence-electron chi connectivity index (χ3n) is 7.00. The molecule has 1 aromatic heterocycles. The molecule has 0 bridgehead atoms. The molecule has 2 saturated heterocycles. The highest BCUT2D eigenvalue weighted by Gasteiger charge is 2.41. The number of carbonyl (C=O) groups excluding carboxylic acids is 2. The van der Waals surface area contributed by atoms with Gasteiger partial charge in [0, 0.05) is 64.3 Å². The summed E-state index contributed by atoms with van der Waals surface area (Å²) in [6.45, 7) is 7.58. The van der Waals surface area contributed by atoms with Crippen molar-refractivity contribution in [2.75, 3.05) is 39.9 Å². The number of rotatable bonds is 7. The van der Waals surface area contributed by atoms with Gasteiger partial charge in [0.25, 0.3) is 0 Å². The topological polar surface area (TPSA) is 93.7 Å². The molecule has 0 saturated carbocycles. The summed E-state index contributed by atoms with van der Waals surface area (Å²) >= 11 is 0. The number of hydrogen-bond acceptors (Lipinski definition) is 5. The molecule has 0 aliphatic carbocycles. The highest BCUT2D eigenvalue weighted by molar-refractivity contribution is 5.84. The molecule has 8 heteroatoms. The Kier molecular flexibility index (Phi) is 7.34. The van der Waals surface area contributed by atoms with Crippen LogP contribution in [0.3, 0.4) is 0 Å². The van der Waals surface area contributed by atoms with Gasteiger partial charge in [0.1, 0.15) is 5.82 Å². The third kappa shape index (κ3) is 4.92. The lowest BCUT2D eigenvalue weighted by Gasteiger charge is -2.35. The number of nitrogens with two attached hydrogens (primary N) is 1. The molecular weight excluding hydrogens is 418 g/mol. The van der Waals surface area contributed by atoms with Gasteiger partial charge in [-0.1, -0.05) is 26.0 Å². The number of likely N-dealkylation sites (tertiary alicyclic amines) is 2. The smallest absolute Gasteiger partial charge is 0.229 e. The number of para-hydroxylation sites is 2. The van der Waals surface area contributed by atoms with Gasteiger partial charge < -0.3 is 24.8 Å². The van der Waals surface area contributed by atoms with Gasteiger partial charge in [-0.3, -0.25) is 9.59 Å². The second kappa shape index (κ2) is 10.2. The van der Waals surface area contributed by atoms with Crippen LogP contribution in [-0.4, -0.2) is 77.1 Å². The molecule has 2 aromatic rings. The summed E-state index contributed by atoms with van der Waals surface area (Å²) < 4.78 is 7.57. The number of fused-ring (bicyclic) bond motifs is 1. The van der Waals surface area contributed by atoms with Gasteiger partial charge in [-0.2, -0.15) is 0 Å². The normalized spacial score (nSPS) is 23.6. The van der Waals surface area contributed by atoms with Crippen LogP contribution in [0.2, 0.25) is 0 Å². The lowest BCUT2D eigenvalue weighted by molar-refractivity contribution is -0.137. The molecule has 2 aliphatic rings. The predicted molar refractivity (Wildman–Crippen MR) is 128 cm³/mol. The molecule has 3 unspecified atom stereocenters. The lowest BCUT2D eigenvalue weighted by Crippen LogP contribution is -2.47. The molecule has 3 heterocycles. The minimum absolute atomic E-state index is 0.0713. The predicted octanol–water partition coefficient (Wildman–Crippen LogP) is 2.22. The molecule has 4 rings (SSSR count). The maximum Gasteiger partial charge on any atom is 0.229 e. The standard InChI is InChI=1S/C25H37N5O3/c1-17(2)24(31)29-15-19(20(26)16-29)25(32)28-11-6-8-18(14-28)23-27-21-9-4-5-10-22(21)30(23)12-7-13-33-3/h4-5,9-10,17-20H,6-8,11-16,26H2,1-3H3. The first-order chi connectivity index (χ1) is 15.9. The van der Waals surface area contributed by atoms with Gasteiger partial charge in [-0.25, -0.2) is 4.98 Å². The Morgan fingerprint density at radius 1 is 1.18 bits per heavy atom. The van der Waals surface area contributed by atoms with E-state index in [0.717, 1.165) is 49.2 Å². The van der Waals surface area contributed by atoms with Gasteiger partial charge in [0.05, 0.1) is 17.0 Å². The molecule has 2 amide bonds. The highest BCUT2D eigenvalue weighted by Crippen LogP contribution is 2.31. The van der Waals surface area contributed by atoms with Crippen LogP contribution in [0.5, 0.6) is 0 Å². The molecule has 8 nitrogen and oxygen atoms in total. The summed E-state index contributed by atoms with van der Waals surface area (Å²) in [5, 5.41) is 0. The second-order valence-electron chi connectivity index (χ2n) is 9.75. The van der Waals surface area contributed by atoms with Gasteiger partial charge in [-0.15, -0.1) is 0 Å². The van der Waals surface area contributed by atoms with Crippen LogP contribution in [0.15, 0.2) is 24.3 Å². The monoisotopic (exact) mass is 455 g/mol. The Balaban J connectivity index is 1.51. The Morgan fingerprint density at radius 2 is 1.97 bits per heavy atom. The Morgan fingerprint density at radius 3 is 2.73 bits per heavy atom. The summed E-state index contributed by atoms with van der Waals surface area (Å²) in [4.78, 5) is 34.6. The van der Waals surface area contributed by atoms with Crippen molar-refractivity contribution >= 4 is 22.8 Å². The number of amides is 2. The number of ether oxygens (including phenoxy) is 1. The molecule has 33 heavy (non-hydrogen) atoms. The molecule has 2 aliphatic heterocycles. The van der Waals surface area contributed by atoms with E-state index >= 15 is 0 Å². The summed E-state index contributed by atoms with van der Waals surface area (Å²) in [5.74, 6) is 0.972. The average molecular weight is 456 g/mol. The van der Waals surface area contributed by atoms with E-state index in [0.29, 0.717) is 26.2 Å². The van der Waals surface area contributed by atoms with Crippen LogP contribution >= 0.6 is 0 Å². The number of carbonyl (C=O) groups is 2. The van der Waals surface area contributed by atoms with Gasteiger partial charge >= 0.3 is 0 Å². The fraction of sp³-hybridized carbons (Fsp3) is 0.640. The Labute approximate surface area is 196 Å². The van der Waals surface area contributed by atoms with Crippen LogP contribution < -0.4 is 5.73 Å². The zero-order valence-electron chi connectivity index (χ0n) is 20.1. The van der Waals surface area contributed by atoms with E-state index < -0.39 is 0 Å². The van der Waals surface area contributed by atoms with Crippen molar-refractivity contribution in [3.05, 3.63) is 30.1 Å². The molecule has 0 spiro atoms. The van der Waals surface area contributed by atoms with E-state index in [-0.39, 0.29) is 35.6 Å². The fourth-order valence-corrected chi connectivity index (χ4v) is 5.27. The Bertz CT molecular complexity index is 988. The molecule has 1 aromatic carbocycles. The van der Waals surface area contributed by atoms with Gasteiger partial charge in [0.2, 0.25) is 11.8 Å². The number of hydrogen-bond donors (Lipinski definition) is 1. The summed E-state index contributed by atoms with van der Waals surface area (Å²) in [6, 6.07) is 7.92. The number of aromatic nitrogens is 2. The molecule has 3 atom stereocenters. The lowest BCUT2D eigenvalue weighted by atomic mass is 9.94. The van der Waals surface area contributed by atoms with E-state index in [1.54, 1.807) is 12.0 Å². The first-order valence-electron chi connectivity index (χ1n) is 12.2. The van der Waals surface area contributed by atoms with E-state index in [1.165, 1.54) is 0 Å². The fourth-order valence-electron chi connectivity index (χ4n) is 5.27. The van der Waals surface area contributed by atoms with E-state index in [4.69, 9.17) is 15.5 Å². The van der Waals surface area contributed by atoms with Crippen molar-refractivity contribution in [2.24, 2.45) is 17.6 Å². The quantitative estimate of drug-likeness (QED) is 0.646. The van der Waals surface area contributed by atoms with Gasteiger partial charge in [0.15, 0.2) is 0 Å². The van der Waals surface area contributed by atoms with Crippen LogP contribution in [0.4, 0.5) is 0 Å². The minimum atomic E-state index is -0.327. The Hall–Kier alpha value is -2.45. The van der Waals surface area contributed by atoms with Crippen molar-refractivity contribution in [1.29, 1.82) is 0 Å². The molecule has 180 valence electrons. The van der Waals surface area contributed by atoms with Crippen molar-refractivity contribution < 1.29 is 14.3 Å². The van der Waals surface area contributed by atoms with E-state index in [1.807, 2.05) is 30.9 Å². The molecule has 2 N–H and O–H groups in total. The molecular formula is C25H37N5O3. The average Bonchev–Trinajstić information content (AvgIpc) is 3.39. The first kappa shape index (κ1) is 23.7. The number of nitrogens with zero attached hydrogens (tertiary/aromatic N) is 4. The van der Waals surface area contributed by atoms with Crippen molar-refractivity contribution in [3.8, 4) is 0 Å². The van der Waals surface area contributed by atoms with Crippen molar-refractivity contribution in [3.63, 3.8) is 0 Å². The number of methoxy groups -OCH3 is 1.